The zero-order valence-corrected chi connectivity index (χ0v) is 12.3. The summed E-state index contributed by atoms with van der Waals surface area (Å²) in [5.74, 6) is -0.455. The minimum absolute atomic E-state index is 0.0326. The number of hydrogen-bond acceptors (Lipinski definition) is 5. The Labute approximate surface area is 128 Å². The summed E-state index contributed by atoms with van der Waals surface area (Å²) in [6.45, 7) is -1.49. The van der Waals surface area contributed by atoms with Crippen LogP contribution in [-0.2, 0) is 11.2 Å². The van der Waals surface area contributed by atoms with Crippen molar-refractivity contribution in [3.63, 3.8) is 0 Å². The summed E-state index contributed by atoms with van der Waals surface area (Å²) in [5, 5.41) is 4.48. The van der Waals surface area contributed by atoms with E-state index in [4.69, 9.17) is 0 Å². The van der Waals surface area contributed by atoms with Gasteiger partial charge in [0.05, 0.1) is 6.42 Å². The van der Waals surface area contributed by atoms with Gasteiger partial charge in [-0.25, -0.2) is 4.98 Å². The molecule has 1 aromatic carbocycles. The van der Waals surface area contributed by atoms with E-state index in [9.17, 15) is 18.4 Å². The highest BCUT2D eigenvalue weighted by Crippen LogP contribution is 2.18. The van der Waals surface area contributed by atoms with E-state index in [2.05, 4.69) is 15.0 Å². The number of rotatable bonds is 6. The molecule has 0 saturated carbocycles. The molecular formula is C14H12F2N2O3S. The van der Waals surface area contributed by atoms with Crippen molar-refractivity contribution in [3.8, 4) is 5.75 Å². The molecule has 1 aromatic heterocycles. The molecule has 0 spiro atoms. The lowest BCUT2D eigenvalue weighted by molar-refractivity contribution is -0.115. The van der Waals surface area contributed by atoms with Crippen LogP contribution in [0.2, 0.25) is 0 Å². The maximum absolute atomic E-state index is 12.0. The summed E-state index contributed by atoms with van der Waals surface area (Å²) >= 11 is 1.16. The van der Waals surface area contributed by atoms with Crippen LogP contribution >= 0.6 is 11.3 Å². The number of amides is 1. The quantitative estimate of drug-likeness (QED) is 0.828. The van der Waals surface area contributed by atoms with Gasteiger partial charge >= 0.3 is 6.61 Å². The third kappa shape index (κ3) is 4.59. The minimum atomic E-state index is -2.88. The van der Waals surface area contributed by atoms with Gasteiger partial charge in [0.25, 0.3) is 0 Å². The number of alkyl halides is 2. The van der Waals surface area contributed by atoms with Crippen molar-refractivity contribution in [1.82, 2.24) is 4.98 Å². The smallest absolute Gasteiger partial charge is 0.387 e. The second kappa shape index (κ2) is 7.08. The number of carbonyl (C=O) groups is 2. The Kier molecular flexibility index (Phi) is 5.16. The molecule has 5 nitrogen and oxygen atoms in total. The highest BCUT2D eigenvalue weighted by Gasteiger charge is 2.10. The van der Waals surface area contributed by atoms with E-state index in [0.29, 0.717) is 16.4 Å². The van der Waals surface area contributed by atoms with Gasteiger partial charge in [0, 0.05) is 12.3 Å². The predicted octanol–water partition coefficient (Wildman–Crippen LogP) is 3.13. The van der Waals surface area contributed by atoms with Crippen LogP contribution in [0.25, 0.3) is 0 Å². The summed E-state index contributed by atoms with van der Waals surface area (Å²) in [6.07, 6.45) is 0.0595. The summed E-state index contributed by atoms with van der Waals surface area (Å²) in [4.78, 5) is 26.9. The van der Waals surface area contributed by atoms with Crippen LogP contribution in [0.4, 0.5) is 13.9 Å². The lowest BCUT2D eigenvalue weighted by Gasteiger charge is -2.05. The molecule has 0 aliphatic heterocycles. The van der Waals surface area contributed by atoms with Crippen LogP contribution in [-0.4, -0.2) is 23.3 Å². The summed E-state index contributed by atoms with van der Waals surface area (Å²) in [6, 6.07) is 5.79. The van der Waals surface area contributed by atoms with Crippen molar-refractivity contribution in [1.29, 1.82) is 0 Å². The van der Waals surface area contributed by atoms with Gasteiger partial charge in [0.15, 0.2) is 10.9 Å². The van der Waals surface area contributed by atoms with Gasteiger partial charge in [0.1, 0.15) is 11.4 Å². The van der Waals surface area contributed by atoms with Gasteiger partial charge in [0.2, 0.25) is 5.91 Å². The van der Waals surface area contributed by atoms with Crippen LogP contribution in [0.5, 0.6) is 5.75 Å². The van der Waals surface area contributed by atoms with Crippen molar-refractivity contribution < 1.29 is 23.1 Å². The Hall–Kier alpha value is -2.35. The largest absolute Gasteiger partial charge is 0.435 e. The monoisotopic (exact) mass is 326 g/mol. The summed E-state index contributed by atoms with van der Waals surface area (Å²) in [7, 11) is 0. The fraction of sp³-hybridized carbons (Fsp3) is 0.214. The number of aromatic nitrogens is 1. The van der Waals surface area contributed by atoms with Gasteiger partial charge in [-0.1, -0.05) is 12.1 Å². The van der Waals surface area contributed by atoms with E-state index in [-0.39, 0.29) is 23.9 Å². The first-order chi connectivity index (χ1) is 10.4. The molecule has 1 N–H and O–H groups in total. The number of Topliss-reactive ketones (excluding diaryl/α,β-unsaturated/α-hetero) is 1. The van der Waals surface area contributed by atoms with Gasteiger partial charge in [-0.15, -0.1) is 11.3 Å². The molecule has 8 heteroatoms. The lowest BCUT2D eigenvalue weighted by atomic mass is 10.1. The van der Waals surface area contributed by atoms with Crippen molar-refractivity contribution in [2.75, 3.05) is 5.32 Å². The van der Waals surface area contributed by atoms with Crippen LogP contribution in [0.15, 0.2) is 29.6 Å². The Morgan fingerprint density at radius 1 is 1.32 bits per heavy atom. The number of hydrogen-bond donors (Lipinski definition) is 1. The standard InChI is InChI=1S/C14H12F2N2O3S/c1-8(19)11-7-22-14(17-11)18-12(20)6-9-2-4-10(5-3-9)21-13(15)16/h2-5,7,13H,6H2,1H3,(H,17,18,20). The first-order valence-electron chi connectivity index (χ1n) is 6.24. The first kappa shape index (κ1) is 16.0. The van der Waals surface area contributed by atoms with Gasteiger partial charge in [-0.05, 0) is 17.7 Å². The zero-order valence-electron chi connectivity index (χ0n) is 11.5. The number of halogens is 2. The summed E-state index contributed by atoms with van der Waals surface area (Å²) in [5.41, 5.74) is 0.941. The van der Waals surface area contributed by atoms with Gasteiger partial charge in [-0.3, -0.25) is 9.59 Å². The first-order valence-corrected chi connectivity index (χ1v) is 7.12. The number of nitrogens with one attached hydrogen (secondary N) is 1. The molecule has 0 aliphatic carbocycles. The predicted molar refractivity (Wildman–Crippen MR) is 77.5 cm³/mol. The van der Waals surface area contributed by atoms with Crippen molar-refractivity contribution >= 4 is 28.2 Å². The normalized spacial score (nSPS) is 10.5. The molecule has 0 saturated heterocycles. The number of ether oxygens (including phenoxy) is 1. The van der Waals surface area contributed by atoms with Crippen LogP contribution in [0, 0.1) is 0 Å². The lowest BCUT2D eigenvalue weighted by Crippen LogP contribution is -2.14. The highest BCUT2D eigenvalue weighted by molar-refractivity contribution is 7.14. The molecule has 0 bridgehead atoms. The number of nitrogens with zero attached hydrogens (tertiary/aromatic N) is 1. The number of benzene rings is 1. The molecule has 1 amide bonds. The maximum atomic E-state index is 12.0. The zero-order chi connectivity index (χ0) is 16.1. The molecule has 0 unspecified atom stereocenters. The minimum Gasteiger partial charge on any atom is -0.435 e. The molecule has 2 rings (SSSR count). The number of anilines is 1. The maximum Gasteiger partial charge on any atom is 0.387 e. The fourth-order valence-corrected chi connectivity index (χ4v) is 2.40. The van der Waals surface area contributed by atoms with Gasteiger partial charge in [-0.2, -0.15) is 8.78 Å². The molecular weight excluding hydrogens is 314 g/mol. The number of thiazole rings is 1. The third-order valence-corrected chi connectivity index (χ3v) is 3.38. The summed E-state index contributed by atoms with van der Waals surface area (Å²) < 4.78 is 28.3. The SMILES string of the molecule is CC(=O)c1csc(NC(=O)Cc2ccc(OC(F)F)cc2)n1. The van der Waals surface area contributed by atoms with E-state index < -0.39 is 6.61 Å². The average molecular weight is 326 g/mol. The molecule has 2 aromatic rings. The van der Waals surface area contributed by atoms with E-state index in [1.54, 1.807) is 5.38 Å². The van der Waals surface area contributed by atoms with E-state index >= 15 is 0 Å². The number of ketones is 1. The number of carbonyl (C=O) groups excluding carboxylic acids is 2. The molecule has 1 heterocycles. The molecule has 0 atom stereocenters. The van der Waals surface area contributed by atoms with Gasteiger partial charge < -0.3 is 10.1 Å². The van der Waals surface area contributed by atoms with Crippen molar-refractivity contribution in [2.24, 2.45) is 0 Å². The molecule has 0 radical (unpaired) electrons. The Morgan fingerprint density at radius 3 is 2.55 bits per heavy atom. The van der Waals surface area contributed by atoms with Crippen molar-refractivity contribution in [3.05, 3.63) is 40.9 Å². The fourth-order valence-electron chi connectivity index (χ4n) is 1.63. The van der Waals surface area contributed by atoms with Crippen molar-refractivity contribution in [2.45, 2.75) is 20.0 Å². The second-order valence-corrected chi connectivity index (χ2v) is 5.20. The second-order valence-electron chi connectivity index (χ2n) is 4.34. The highest BCUT2D eigenvalue weighted by atomic mass is 32.1. The Morgan fingerprint density at radius 2 is 2.00 bits per heavy atom. The molecule has 116 valence electrons. The topological polar surface area (TPSA) is 68.3 Å². The molecule has 0 fully saturated rings. The van der Waals surface area contributed by atoms with Crippen LogP contribution in [0.1, 0.15) is 23.0 Å². The van der Waals surface area contributed by atoms with Crippen LogP contribution in [0.3, 0.4) is 0 Å². The van der Waals surface area contributed by atoms with Crippen LogP contribution < -0.4 is 10.1 Å². The van der Waals surface area contributed by atoms with E-state index in [0.717, 1.165) is 11.3 Å². The third-order valence-electron chi connectivity index (χ3n) is 2.62. The van der Waals surface area contributed by atoms with E-state index in [1.165, 1.54) is 31.2 Å². The van der Waals surface area contributed by atoms with E-state index in [1.807, 2.05) is 0 Å². The molecule has 22 heavy (non-hydrogen) atoms. The average Bonchev–Trinajstić information content (AvgIpc) is 2.89. The Balaban J connectivity index is 1.92. The molecule has 0 aliphatic rings. The Bertz CT molecular complexity index is 671.